The zero-order valence-corrected chi connectivity index (χ0v) is 12.0. The molecule has 102 valence electrons. The average Bonchev–Trinajstić information content (AvgIpc) is 2.83. The van der Waals surface area contributed by atoms with Crippen LogP contribution in [0, 0.1) is 5.82 Å². The van der Waals surface area contributed by atoms with Gasteiger partial charge < -0.3 is 5.32 Å². The molecule has 2 aromatic rings. The molecule has 1 N–H and O–H groups in total. The van der Waals surface area contributed by atoms with Gasteiger partial charge >= 0.3 is 0 Å². The summed E-state index contributed by atoms with van der Waals surface area (Å²) in [6.45, 7) is 5.22. The Bertz CT molecular complexity index is 525. The first-order chi connectivity index (χ1) is 9.16. The predicted molar refractivity (Wildman–Crippen MR) is 76.8 cm³/mol. The maximum absolute atomic E-state index is 13.6. The van der Waals surface area contributed by atoms with Crippen molar-refractivity contribution in [2.75, 3.05) is 6.54 Å². The molecule has 1 heterocycles. The summed E-state index contributed by atoms with van der Waals surface area (Å²) in [4.78, 5) is 0. The second kappa shape index (κ2) is 6.73. The number of aryl methyl sites for hydroxylation is 1. The lowest BCUT2D eigenvalue weighted by Crippen LogP contribution is -2.23. The summed E-state index contributed by atoms with van der Waals surface area (Å²) >= 11 is 1.47. The van der Waals surface area contributed by atoms with Gasteiger partial charge in [-0.3, -0.25) is 0 Å². The summed E-state index contributed by atoms with van der Waals surface area (Å²) in [5.74, 6) is -0.244. The van der Waals surface area contributed by atoms with E-state index in [2.05, 4.69) is 29.4 Å². The van der Waals surface area contributed by atoms with Gasteiger partial charge in [0.15, 0.2) is 5.01 Å². The van der Waals surface area contributed by atoms with E-state index in [-0.39, 0.29) is 5.82 Å². The van der Waals surface area contributed by atoms with Crippen LogP contribution in [-0.2, 0) is 6.42 Å². The second-order valence-corrected chi connectivity index (χ2v) is 5.76. The molecule has 19 heavy (non-hydrogen) atoms. The van der Waals surface area contributed by atoms with E-state index in [0.717, 1.165) is 24.4 Å². The quantitative estimate of drug-likeness (QED) is 0.825. The minimum Gasteiger partial charge on any atom is -0.315 e. The summed E-state index contributed by atoms with van der Waals surface area (Å²) in [6.07, 6.45) is 1.90. The fourth-order valence-electron chi connectivity index (χ4n) is 1.73. The predicted octanol–water partition coefficient (Wildman–Crippen LogP) is 3.27. The molecule has 0 atom stereocenters. The Kier molecular flexibility index (Phi) is 4.99. The number of aromatic nitrogens is 2. The molecule has 0 radical (unpaired) electrons. The van der Waals surface area contributed by atoms with Gasteiger partial charge in [0, 0.05) is 18.0 Å². The lowest BCUT2D eigenvalue weighted by molar-refractivity contribution is 0.569. The maximum atomic E-state index is 13.6. The zero-order valence-electron chi connectivity index (χ0n) is 11.2. The van der Waals surface area contributed by atoms with Crippen LogP contribution >= 0.6 is 11.3 Å². The number of nitrogens with one attached hydrogen (secondary N) is 1. The molecule has 1 aromatic heterocycles. The van der Waals surface area contributed by atoms with E-state index < -0.39 is 0 Å². The molecule has 0 spiro atoms. The fourth-order valence-corrected chi connectivity index (χ4v) is 2.64. The first-order valence-electron chi connectivity index (χ1n) is 6.47. The van der Waals surface area contributed by atoms with Gasteiger partial charge in [0.2, 0.25) is 0 Å². The topological polar surface area (TPSA) is 37.8 Å². The van der Waals surface area contributed by atoms with Crippen molar-refractivity contribution in [3.8, 4) is 10.6 Å². The summed E-state index contributed by atoms with van der Waals surface area (Å²) < 4.78 is 13.6. The van der Waals surface area contributed by atoms with Crippen LogP contribution in [0.2, 0.25) is 0 Å². The van der Waals surface area contributed by atoms with Crippen molar-refractivity contribution in [1.29, 1.82) is 0 Å². The van der Waals surface area contributed by atoms with E-state index in [0.29, 0.717) is 16.6 Å². The number of nitrogens with zero attached hydrogens (tertiary/aromatic N) is 2. The van der Waals surface area contributed by atoms with Gasteiger partial charge in [0.05, 0.1) is 0 Å². The summed E-state index contributed by atoms with van der Waals surface area (Å²) in [7, 11) is 0. The third kappa shape index (κ3) is 4.08. The fraction of sp³-hybridized carbons (Fsp3) is 0.429. The third-order valence-electron chi connectivity index (χ3n) is 2.69. The molecule has 0 saturated carbocycles. The van der Waals surface area contributed by atoms with Crippen molar-refractivity contribution in [1.82, 2.24) is 15.5 Å². The van der Waals surface area contributed by atoms with Crippen molar-refractivity contribution in [3.05, 3.63) is 35.1 Å². The van der Waals surface area contributed by atoms with Gasteiger partial charge in [-0.2, -0.15) is 0 Å². The number of hydrogen-bond acceptors (Lipinski definition) is 4. The SMILES string of the molecule is CC(C)NCCCc1nnc(-c2ccccc2F)s1. The lowest BCUT2D eigenvalue weighted by atomic mass is 10.2. The molecule has 0 fully saturated rings. The molecule has 0 bridgehead atoms. The molecule has 1 aromatic carbocycles. The molecule has 0 aliphatic heterocycles. The van der Waals surface area contributed by atoms with Gasteiger partial charge in [-0.05, 0) is 25.1 Å². The Morgan fingerprint density at radius 1 is 1.26 bits per heavy atom. The minimum absolute atomic E-state index is 0.244. The number of hydrogen-bond donors (Lipinski definition) is 1. The van der Waals surface area contributed by atoms with Crippen molar-refractivity contribution >= 4 is 11.3 Å². The van der Waals surface area contributed by atoms with Crippen LogP contribution in [0.3, 0.4) is 0 Å². The standard InChI is InChI=1S/C14H18FN3S/c1-10(2)16-9-5-8-13-17-18-14(19-13)11-6-3-4-7-12(11)15/h3-4,6-7,10,16H,5,8-9H2,1-2H3. The first kappa shape index (κ1) is 14.1. The van der Waals surface area contributed by atoms with Crippen LogP contribution in [0.25, 0.3) is 10.6 Å². The molecule has 2 rings (SSSR count). The van der Waals surface area contributed by atoms with Crippen LogP contribution in [0.5, 0.6) is 0 Å². The van der Waals surface area contributed by atoms with Crippen molar-refractivity contribution in [2.45, 2.75) is 32.7 Å². The van der Waals surface area contributed by atoms with Gasteiger partial charge in [-0.25, -0.2) is 4.39 Å². The van der Waals surface area contributed by atoms with E-state index in [4.69, 9.17) is 0 Å². The molecule has 3 nitrogen and oxygen atoms in total. The number of halogens is 1. The summed E-state index contributed by atoms with van der Waals surface area (Å²) in [5.41, 5.74) is 0.534. The molecule has 0 aliphatic carbocycles. The first-order valence-corrected chi connectivity index (χ1v) is 7.29. The highest BCUT2D eigenvalue weighted by molar-refractivity contribution is 7.14. The largest absolute Gasteiger partial charge is 0.315 e. The van der Waals surface area contributed by atoms with Gasteiger partial charge in [0.1, 0.15) is 10.8 Å². The highest BCUT2D eigenvalue weighted by Gasteiger charge is 2.10. The Balaban J connectivity index is 1.94. The van der Waals surface area contributed by atoms with Gasteiger partial charge in [0.25, 0.3) is 0 Å². The molecular weight excluding hydrogens is 261 g/mol. The lowest BCUT2D eigenvalue weighted by Gasteiger charge is -2.05. The maximum Gasteiger partial charge on any atom is 0.150 e. The Morgan fingerprint density at radius 2 is 2.05 bits per heavy atom. The van der Waals surface area contributed by atoms with Crippen LogP contribution in [-0.4, -0.2) is 22.8 Å². The molecule has 0 saturated heterocycles. The molecular formula is C14H18FN3S. The second-order valence-electron chi connectivity index (χ2n) is 4.69. The van der Waals surface area contributed by atoms with E-state index in [9.17, 15) is 4.39 Å². The van der Waals surface area contributed by atoms with Crippen molar-refractivity contribution in [3.63, 3.8) is 0 Å². The Labute approximate surface area is 116 Å². The smallest absolute Gasteiger partial charge is 0.150 e. The van der Waals surface area contributed by atoms with Crippen LogP contribution in [0.4, 0.5) is 4.39 Å². The van der Waals surface area contributed by atoms with Crippen molar-refractivity contribution in [2.24, 2.45) is 0 Å². The van der Waals surface area contributed by atoms with Crippen LogP contribution in [0.1, 0.15) is 25.3 Å². The summed E-state index contributed by atoms with van der Waals surface area (Å²) in [5, 5.41) is 13.2. The van der Waals surface area contributed by atoms with Gasteiger partial charge in [-0.1, -0.05) is 37.3 Å². The monoisotopic (exact) mass is 279 g/mol. The van der Waals surface area contributed by atoms with E-state index in [1.165, 1.54) is 17.4 Å². The zero-order chi connectivity index (χ0) is 13.7. The average molecular weight is 279 g/mol. The molecule has 5 heteroatoms. The summed E-state index contributed by atoms with van der Waals surface area (Å²) in [6, 6.07) is 7.18. The van der Waals surface area contributed by atoms with Gasteiger partial charge in [-0.15, -0.1) is 10.2 Å². The van der Waals surface area contributed by atoms with Crippen LogP contribution in [0.15, 0.2) is 24.3 Å². The molecule has 0 aliphatic rings. The normalized spacial score (nSPS) is 11.2. The van der Waals surface area contributed by atoms with E-state index >= 15 is 0 Å². The third-order valence-corrected chi connectivity index (χ3v) is 3.71. The Morgan fingerprint density at radius 3 is 2.79 bits per heavy atom. The molecule has 0 amide bonds. The highest BCUT2D eigenvalue weighted by Crippen LogP contribution is 2.26. The van der Waals surface area contributed by atoms with E-state index in [1.54, 1.807) is 12.1 Å². The van der Waals surface area contributed by atoms with Crippen LogP contribution < -0.4 is 5.32 Å². The highest BCUT2D eigenvalue weighted by atomic mass is 32.1. The van der Waals surface area contributed by atoms with Crippen molar-refractivity contribution < 1.29 is 4.39 Å². The number of benzene rings is 1. The molecule has 0 unspecified atom stereocenters. The number of rotatable bonds is 6. The van der Waals surface area contributed by atoms with E-state index in [1.807, 2.05) is 6.07 Å². The minimum atomic E-state index is -0.244. The Hall–Kier alpha value is -1.33.